The summed E-state index contributed by atoms with van der Waals surface area (Å²) in [7, 11) is 0. The Morgan fingerprint density at radius 2 is 2.20 bits per heavy atom. The van der Waals surface area contributed by atoms with E-state index in [9.17, 15) is 4.79 Å². The molecule has 2 unspecified atom stereocenters. The average molecular weight is 213 g/mol. The van der Waals surface area contributed by atoms with Gasteiger partial charge in [0.1, 0.15) is 0 Å². The van der Waals surface area contributed by atoms with Gasteiger partial charge in [-0.2, -0.15) is 0 Å². The number of carboxylic acid groups (broad SMARTS) is 1. The summed E-state index contributed by atoms with van der Waals surface area (Å²) in [6, 6.07) is 0.266. The van der Waals surface area contributed by atoms with Gasteiger partial charge in [0.15, 0.2) is 0 Å². The molecule has 1 aliphatic rings. The molecule has 0 aromatic heterocycles. The van der Waals surface area contributed by atoms with Gasteiger partial charge >= 0.3 is 5.97 Å². The normalized spacial score (nSPS) is 27.9. The molecule has 0 aromatic carbocycles. The van der Waals surface area contributed by atoms with Crippen LogP contribution < -0.4 is 0 Å². The van der Waals surface area contributed by atoms with Crippen LogP contribution in [0.25, 0.3) is 0 Å². The van der Waals surface area contributed by atoms with Crippen molar-refractivity contribution in [3.63, 3.8) is 0 Å². The Balaban J connectivity index is 2.58. The van der Waals surface area contributed by atoms with E-state index in [2.05, 4.69) is 18.7 Å². The second-order valence-corrected chi connectivity index (χ2v) is 4.45. The molecule has 0 amide bonds. The van der Waals surface area contributed by atoms with Gasteiger partial charge in [-0.1, -0.05) is 20.3 Å². The Kier molecular flexibility index (Phi) is 5.09. The van der Waals surface area contributed by atoms with Crippen LogP contribution in [0.15, 0.2) is 0 Å². The lowest BCUT2D eigenvalue weighted by molar-refractivity contribution is -0.146. The van der Waals surface area contributed by atoms with Gasteiger partial charge < -0.3 is 5.11 Å². The fourth-order valence-electron chi connectivity index (χ4n) is 2.60. The Hall–Kier alpha value is -0.570. The van der Waals surface area contributed by atoms with Crippen molar-refractivity contribution in [3.8, 4) is 0 Å². The first kappa shape index (κ1) is 12.5. The summed E-state index contributed by atoms with van der Waals surface area (Å²) in [6.07, 6.45) is 5.22. The van der Waals surface area contributed by atoms with Crippen molar-refractivity contribution in [3.05, 3.63) is 0 Å². The molecule has 0 aliphatic carbocycles. The van der Waals surface area contributed by atoms with Crippen molar-refractivity contribution in [2.75, 3.05) is 13.1 Å². The maximum atomic E-state index is 11.1. The number of nitrogens with zero attached hydrogens (tertiary/aromatic N) is 1. The molecule has 0 bridgehead atoms. The molecule has 0 radical (unpaired) electrons. The van der Waals surface area contributed by atoms with Crippen LogP contribution in [0.2, 0.25) is 0 Å². The van der Waals surface area contributed by atoms with Crippen molar-refractivity contribution in [2.24, 2.45) is 5.92 Å². The first-order chi connectivity index (χ1) is 7.20. The number of aliphatic carboxylic acids is 1. The number of hydrogen-bond acceptors (Lipinski definition) is 2. The zero-order valence-electron chi connectivity index (χ0n) is 9.91. The van der Waals surface area contributed by atoms with E-state index in [1.165, 1.54) is 12.8 Å². The number of unbranched alkanes of at least 4 members (excludes halogenated alkanes) is 1. The van der Waals surface area contributed by atoms with Gasteiger partial charge in [-0.05, 0) is 38.8 Å². The third-order valence-corrected chi connectivity index (χ3v) is 3.43. The van der Waals surface area contributed by atoms with Gasteiger partial charge in [-0.25, -0.2) is 0 Å². The van der Waals surface area contributed by atoms with Gasteiger partial charge in [0.05, 0.1) is 5.92 Å². The van der Waals surface area contributed by atoms with Crippen LogP contribution in [-0.4, -0.2) is 35.1 Å². The number of likely N-dealkylation sites (tertiary alicyclic amines) is 1. The maximum absolute atomic E-state index is 11.1. The summed E-state index contributed by atoms with van der Waals surface area (Å²) in [4.78, 5) is 13.5. The topological polar surface area (TPSA) is 40.5 Å². The van der Waals surface area contributed by atoms with E-state index >= 15 is 0 Å². The van der Waals surface area contributed by atoms with Crippen LogP contribution in [0.1, 0.15) is 46.0 Å². The minimum absolute atomic E-state index is 0.138. The molecular formula is C12H23NO2. The number of carbonyl (C=O) groups is 1. The van der Waals surface area contributed by atoms with Gasteiger partial charge in [0, 0.05) is 6.04 Å². The first-order valence-electron chi connectivity index (χ1n) is 6.17. The van der Waals surface area contributed by atoms with E-state index in [1.54, 1.807) is 0 Å². The summed E-state index contributed by atoms with van der Waals surface area (Å²) in [5, 5.41) is 9.16. The molecule has 0 spiro atoms. The molecule has 3 nitrogen and oxygen atoms in total. The van der Waals surface area contributed by atoms with Crippen LogP contribution in [0.3, 0.4) is 0 Å². The van der Waals surface area contributed by atoms with Gasteiger partial charge in [-0.3, -0.25) is 9.69 Å². The molecule has 3 heteroatoms. The smallest absolute Gasteiger partial charge is 0.308 e. The Morgan fingerprint density at radius 3 is 2.73 bits per heavy atom. The van der Waals surface area contributed by atoms with Crippen LogP contribution >= 0.6 is 0 Å². The summed E-state index contributed by atoms with van der Waals surface area (Å²) in [6.45, 7) is 6.44. The van der Waals surface area contributed by atoms with Crippen LogP contribution in [-0.2, 0) is 4.79 Å². The van der Waals surface area contributed by atoms with E-state index in [4.69, 9.17) is 5.11 Å². The average Bonchev–Trinajstić information content (AvgIpc) is 2.25. The van der Waals surface area contributed by atoms with Crippen molar-refractivity contribution in [1.29, 1.82) is 0 Å². The van der Waals surface area contributed by atoms with E-state index in [1.807, 2.05) is 0 Å². The molecule has 0 saturated carbocycles. The summed E-state index contributed by atoms with van der Waals surface area (Å²) >= 11 is 0. The standard InChI is InChI=1S/C12H23NO2/c1-3-5-8-13-9-6-7-10(12(14)15)11(13)4-2/h10-11H,3-9H2,1-2H3,(H,14,15). The fourth-order valence-corrected chi connectivity index (χ4v) is 2.60. The van der Waals surface area contributed by atoms with E-state index in [-0.39, 0.29) is 12.0 Å². The van der Waals surface area contributed by atoms with Crippen molar-refractivity contribution < 1.29 is 9.90 Å². The minimum Gasteiger partial charge on any atom is -0.481 e. The predicted octanol–water partition coefficient (Wildman–Crippen LogP) is 2.36. The van der Waals surface area contributed by atoms with E-state index < -0.39 is 5.97 Å². The first-order valence-corrected chi connectivity index (χ1v) is 6.17. The zero-order valence-corrected chi connectivity index (χ0v) is 9.91. The molecule has 1 heterocycles. The van der Waals surface area contributed by atoms with Crippen LogP contribution in [0.5, 0.6) is 0 Å². The second kappa shape index (κ2) is 6.11. The number of rotatable bonds is 5. The second-order valence-electron chi connectivity index (χ2n) is 4.45. The van der Waals surface area contributed by atoms with Crippen molar-refractivity contribution in [2.45, 2.75) is 52.0 Å². The molecular weight excluding hydrogens is 190 g/mol. The number of carboxylic acids is 1. The summed E-state index contributed by atoms with van der Waals surface area (Å²) in [5.74, 6) is -0.747. The van der Waals surface area contributed by atoms with Crippen molar-refractivity contribution >= 4 is 5.97 Å². The SMILES string of the molecule is CCCCN1CCCC(C(=O)O)C1CC. The summed E-state index contributed by atoms with van der Waals surface area (Å²) < 4.78 is 0. The van der Waals surface area contributed by atoms with Crippen LogP contribution in [0, 0.1) is 5.92 Å². The number of piperidine rings is 1. The molecule has 15 heavy (non-hydrogen) atoms. The van der Waals surface area contributed by atoms with Gasteiger partial charge in [0.25, 0.3) is 0 Å². The Morgan fingerprint density at radius 1 is 1.47 bits per heavy atom. The molecule has 88 valence electrons. The van der Waals surface area contributed by atoms with Crippen LogP contribution in [0.4, 0.5) is 0 Å². The van der Waals surface area contributed by atoms with E-state index in [0.717, 1.165) is 32.4 Å². The quantitative estimate of drug-likeness (QED) is 0.762. The maximum Gasteiger partial charge on any atom is 0.308 e. The highest BCUT2D eigenvalue weighted by molar-refractivity contribution is 5.71. The molecule has 0 aromatic rings. The molecule has 1 rings (SSSR count). The predicted molar refractivity (Wildman–Crippen MR) is 60.9 cm³/mol. The highest BCUT2D eigenvalue weighted by Gasteiger charge is 2.34. The monoisotopic (exact) mass is 213 g/mol. The third-order valence-electron chi connectivity index (χ3n) is 3.43. The number of hydrogen-bond donors (Lipinski definition) is 1. The lowest BCUT2D eigenvalue weighted by Gasteiger charge is -2.39. The lowest BCUT2D eigenvalue weighted by Crippen LogP contribution is -2.47. The van der Waals surface area contributed by atoms with Crippen molar-refractivity contribution in [1.82, 2.24) is 4.90 Å². The van der Waals surface area contributed by atoms with Gasteiger partial charge in [0.2, 0.25) is 0 Å². The molecule has 1 N–H and O–H groups in total. The van der Waals surface area contributed by atoms with E-state index in [0.29, 0.717) is 0 Å². The molecule has 1 aliphatic heterocycles. The Labute approximate surface area is 92.5 Å². The highest BCUT2D eigenvalue weighted by atomic mass is 16.4. The summed E-state index contributed by atoms with van der Waals surface area (Å²) in [5.41, 5.74) is 0. The largest absolute Gasteiger partial charge is 0.481 e. The lowest BCUT2D eigenvalue weighted by atomic mass is 9.87. The Bertz CT molecular complexity index is 206. The third kappa shape index (κ3) is 3.20. The zero-order chi connectivity index (χ0) is 11.3. The molecule has 1 saturated heterocycles. The van der Waals surface area contributed by atoms with Gasteiger partial charge in [-0.15, -0.1) is 0 Å². The highest BCUT2D eigenvalue weighted by Crippen LogP contribution is 2.26. The minimum atomic E-state index is -0.608. The molecule has 2 atom stereocenters. The molecule has 1 fully saturated rings. The fraction of sp³-hybridized carbons (Fsp3) is 0.917.